The van der Waals surface area contributed by atoms with E-state index in [4.69, 9.17) is 4.74 Å². The average molecular weight is 236 g/mol. The Balaban J connectivity index is 2.23. The zero-order chi connectivity index (χ0) is 12.4. The second-order valence-electron chi connectivity index (χ2n) is 4.75. The lowest BCUT2D eigenvalue weighted by molar-refractivity contribution is -0.199. The molecule has 0 aliphatic carbocycles. The second kappa shape index (κ2) is 5.17. The Morgan fingerprint density at radius 1 is 1.12 bits per heavy atom. The zero-order valence-electron chi connectivity index (χ0n) is 10.3. The molecule has 0 spiro atoms. The number of aliphatic hydroxyl groups is 2. The minimum atomic E-state index is -0.852. The predicted octanol–water partition coefficient (Wildman–Crippen LogP) is 1.89. The molecule has 0 aromatic heterocycles. The minimum Gasteiger partial charge on any atom is -0.390 e. The maximum atomic E-state index is 10.1. The normalized spacial score (nSPS) is 38.0. The molecule has 1 aliphatic heterocycles. The van der Waals surface area contributed by atoms with E-state index in [1.165, 1.54) is 0 Å². The van der Waals surface area contributed by atoms with Gasteiger partial charge < -0.3 is 14.9 Å². The summed E-state index contributed by atoms with van der Waals surface area (Å²) in [7, 11) is 0. The van der Waals surface area contributed by atoms with E-state index < -0.39 is 18.3 Å². The fourth-order valence-electron chi connectivity index (χ4n) is 2.49. The van der Waals surface area contributed by atoms with E-state index in [0.29, 0.717) is 0 Å². The van der Waals surface area contributed by atoms with Crippen LogP contribution in [-0.2, 0) is 4.74 Å². The van der Waals surface area contributed by atoms with Gasteiger partial charge in [0.15, 0.2) is 0 Å². The number of hydrogen-bond donors (Lipinski definition) is 2. The molecule has 17 heavy (non-hydrogen) atoms. The van der Waals surface area contributed by atoms with E-state index in [9.17, 15) is 10.2 Å². The number of hydrogen-bond acceptors (Lipinski definition) is 3. The number of rotatable bonds is 2. The van der Waals surface area contributed by atoms with Crippen molar-refractivity contribution in [2.45, 2.75) is 44.7 Å². The molecule has 1 saturated heterocycles. The van der Waals surface area contributed by atoms with Gasteiger partial charge in [0.1, 0.15) is 12.2 Å². The van der Waals surface area contributed by atoms with Crippen LogP contribution in [0.1, 0.15) is 31.9 Å². The predicted molar refractivity (Wildman–Crippen MR) is 65.5 cm³/mol. The minimum absolute atomic E-state index is 0.00129. The molecule has 5 atom stereocenters. The van der Waals surface area contributed by atoms with Crippen molar-refractivity contribution < 1.29 is 14.9 Å². The lowest BCUT2D eigenvalue weighted by Crippen LogP contribution is -2.49. The highest BCUT2D eigenvalue weighted by Gasteiger charge is 2.41. The van der Waals surface area contributed by atoms with Gasteiger partial charge in [-0.3, -0.25) is 0 Å². The molecule has 2 N–H and O–H groups in total. The molecule has 1 aromatic carbocycles. The molecule has 0 bridgehead atoms. The van der Waals surface area contributed by atoms with Crippen molar-refractivity contribution in [1.29, 1.82) is 0 Å². The number of benzene rings is 1. The van der Waals surface area contributed by atoms with Gasteiger partial charge in [-0.05, 0) is 12.0 Å². The van der Waals surface area contributed by atoms with Crippen molar-refractivity contribution >= 4 is 0 Å². The Kier molecular flexibility index (Phi) is 3.82. The fraction of sp³-hybridized carbons (Fsp3) is 0.571. The highest BCUT2D eigenvalue weighted by atomic mass is 16.5. The summed E-state index contributed by atoms with van der Waals surface area (Å²) in [6.45, 7) is 3.96. The molecular formula is C14H20O3. The highest BCUT2D eigenvalue weighted by Crippen LogP contribution is 2.35. The van der Waals surface area contributed by atoms with Crippen LogP contribution in [0.25, 0.3) is 0 Å². The monoisotopic (exact) mass is 236 g/mol. The Bertz CT molecular complexity index is 350. The van der Waals surface area contributed by atoms with E-state index >= 15 is 0 Å². The van der Waals surface area contributed by atoms with Gasteiger partial charge in [-0.1, -0.05) is 44.2 Å². The lowest BCUT2D eigenvalue weighted by atomic mass is 9.85. The van der Waals surface area contributed by atoms with Crippen molar-refractivity contribution in [3.63, 3.8) is 0 Å². The van der Waals surface area contributed by atoms with Gasteiger partial charge in [0, 0.05) is 5.92 Å². The van der Waals surface area contributed by atoms with Crippen molar-refractivity contribution in [3.05, 3.63) is 35.9 Å². The van der Waals surface area contributed by atoms with Crippen LogP contribution in [0.2, 0.25) is 0 Å². The molecule has 2 rings (SSSR count). The smallest absolute Gasteiger partial charge is 0.111 e. The molecule has 0 amide bonds. The summed E-state index contributed by atoms with van der Waals surface area (Å²) in [4.78, 5) is 0. The van der Waals surface area contributed by atoms with Gasteiger partial charge in [0.05, 0.1) is 12.2 Å². The third-order valence-corrected chi connectivity index (χ3v) is 3.64. The summed E-state index contributed by atoms with van der Waals surface area (Å²) in [6.07, 6.45) is -1.16. The van der Waals surface area contributed by atoms with Crippen LogP contribution < -0.4 is 0 Å². The maximum Gasteiger partial charge on any atom is 0.111 e. The van der Waals surface area contributed by atoms with E-state index in [0.717, 1.165) is 12.0 Å². The summed E-state index contributed by atoms with van der Waals surface area (Å²) < 4.78 is 5.91. The molecular weight excluding hydrogens is 216 g/mol. The maximum absolute atomic E-state index is 10.1. The van der Waals surface area contributed by atoms with E-state index in [1.807, 2.05) is 44.2 Å². The summed E-state index contributed by atoms with van der Waals surface area (Å²) in [5.74, 6) is -0.0324. The van der Waals surface area contributed by atoms with Crippen LogP contribution in [0.5, 0.6) is 0 Å². The molecule has 94 valence electrons. The van der Waals surface area contributed by atoms with Gasteiger partial charge >= 0.3 is 0 Å². The molecule has 3 heteroatoms. The summed E-state index contributed by atoms with van der Waals surface area (Å²) in [6, 6.07) is 9.59. The average Bonchev–Trinajstić information content (AvgIpc) is 2.37. The van der Waals surface area contributed by atoms with Crippen LogP contribution in [-0.4, -0.2) is 28.5 Å². The third kappa shape index (κ3) is 2.37. The van der Waals surface area contributed by atoms with E-state index in [2.05, 4.69) is 0 Å². The SMILES string of the molecule is CC[C@H]1O[C@H](c2ccccc2)[C@@H](O)[C@@H](O)[C@@H]1C. The summed E-state index contributed by atoms with van der Waals surface area (Å²) >= 11 is 0. The fourth-order valence-corrected chi connectivity index (χ4v) is 2.49. The van der Waals surface area contributed by atoms with Gasteiger partial charge in [0.2, 0.25) is 0 Å². The van der Waals surface area contributed by atoms with Gasteiger partial charge in [-0.15, -0.1) is 0 Å². The molecule has 1 aromatic rings. The van der Waals surface area contributed by atoms with Crippen molar-refractivity contribution in [1.82, 2.24) is 0 Å². The number of ether oxygens (including phenoxy) is 1. The zero-order valence-corrected chi connectivity index (χ0v) is 10.3. The van der Waals surface area contributed by atoms with Crippen LogP contribution in [0.3, 0.4) is 0 Å². The molecule has 0 unspecified atom stereocenters. The quantitative estimate of drug-likeness (QED) is 0.824. The van der Waals surface area contributed by atoms with E-state index in [1.54, 1.807) is 0 Å². The summed E-state index contributed by atoms with van der Waals surface area (Å²) in [5, 5.41) is 20.1. The first-order valence-corrected chi connectivity index (χ1v) is 6.21. The first kappa shape index (κ1) is 12.6. The third-order valence-electron chi connectivity index (χ3n) is 3.64. The Hall–Kier alpha value is -0.900. The van der Waals surface area contributed by atoms with Crippen LogP contribution in [0.15, 0.2) is 30.3 Å². The lowest BCUT2D eigenvalue weighted by Gasteiger charge is -2.41. The van der Waals surface area contributed by atoms with Crippen molar-refractivity contribution in [3.8, 4) is 0 Å². The number of aliphatic hydroxyl groups excluding tert-OH is 2. The highest BCUT2D eigenvalue weighted by molar-refractivity contribution is 5.20. The van der Waals surface area contributed by atoms with Gasteiger partial charge in [-0.2, -0.15) is 0 Å². The largest absolute Gasteiger partial charge is 0.390 e. The molecule has 3 nitrogen and oxygen atoms in total. The topological polar surface area (TPSA) is 49.7 Å². The Morgan fingerprint density at radius 2 is 1.76 bits per heavy atom. The van der Waals surface area contributed by atoms with Crippen LogP contribution >= 0.6 is 0 Å². The first-order valence-electron chi connectivity index (χ1n) is 6.21. The van der Waals surface area contributed by atoms with E-state index in [-0.39, 0.29) is 12.0 Å². The second-order valence-corrected chi connectivity index (χ2v) is 4.75. The standard InChI is InChI=1S/C14H20O3/c1-3-11-9(2)12(15)13(16)14(17-11)10-7-5-4-6-8-10/h4-9,11-16H,3H2,1-2H3/t9-,11-,12+,13+,14-/m1/s1. The Morgan fingerprint density at radius 3 is 2.35 bits per heavy atom. The molecule has 0 radical (unpaired) electrons. The van der Waals surface area contributed by atoms with Crippen LogP contribution in [0.4, 0.5) is 0 Å². The molecule has 1 aliphatic rings. The van der Waals surface area contributed by atoms with Crippen molar-refractivity contribution in [2.24, 2.45) is 5.92 Å². The summed E-state index contributed by atoms with van der Waals surface area (Å²) in [5.41, 5.74) is 0.921. The molecule has 1 fully saturated rings. The van der Waals surface area contributed by atoms with Gasteiger partial charge in [-0.25, -0.2) is 0 Å². The molecule has 0 saturated carbocycles. The Labute approximate surface area is 102 Å². The van der Waals surface area contributed by atoms with Crippen LogP contribution in [0, 0.1) is 5.92 Å². The van der Waals surface area contributed by atoms with Crippen molar-refractivity contribution in [2.75, 3.05) is 0 Å². The molecule has 1 heterocycles. The first-order chi connectivity index (χ1) is 8.15. The van der Waals surface area contributed by atoms with Gasteiger partial charge in [0.25, 0.3) is 0 Å².